The Kier molecular flexibility index (Phi) is 15.1. The maximum atomic E-state index is 11.8. The lowest BCUT2D eigenvalue weighted by atomic mass is 10.3. The molecule has 0 heterocycles. The first-order chi connectivity index (χ1) is 10.9. The summed E-state index contributed by atoms with van der Waals surface area (Å²) in [5, 5.41) is -0.787. The van der Waals surface area contributed by atoms with Crippen molar-refractivity contribution >= 4 is 59.3 Å². The molecule has 0 aliphatic rings. The highest BCUT2D eigenvalue weighted by atomic mass is 32.9. The smallest absolute Gasteiger partial charge is 0.320 e. The molecule has 1 unspecified atom stereocenters. The second-order valence-electron chi connectivity index (χ2n) is 3.68. The van der Waals surface area contributed by atoms with Crippen LogP contribution in [0.25, 0.3) is 0 Å². The molecule has 0 spiro atoms. The van der Waals surface area contributed by atoms with E-state index in [1.807, 2.05) is 0 Å². The predicted octanol–water partition coefficient (Wildman–Crippen LogP) is 1.31. The lowest BCUT2D eigenvalue weighted by molar-refractivity contribution is -0.149. The Balaban J connectivity index is 0. The number of carbonyl (C=O) groups is 2. The molecule has 0 aliphatic heterocycles. The van der Waals surface area contributed by atoms with E-state index in [1.54, 1.807) is 13.8 Å². The molecule has 24 heavy (non-hydrogen) atoms. The number of carbonyl (C=O) groups excluding carboxylic acids is 2. The number of hydrogen-bond donors (Lipinski definition) is 3. The highest BCUT2D eigenvalue weighted by Gasteiger charge is 2.32. The van der Waals surface area contributed by atoms with Gasteiger partial charge in [-0.15, -0.1) is 0 Å². The molecule has 0 fully saturated rings. The van der Waals surface area contributed by atoms with Crippen molar-refractivity contribution in [3.63, 3.8) is 0 Å². The summed E-state index contributed by atoms with van der Waals surface area (Å²) in [4.78, 5) is 46.0. The van der Waals surface area contributed by atoms with Crippen LogP contribution in [0.2, 0.25) is 0 Å². The highest BCUT2D eigenvalue weighted by Crippen LogP contribution is 2.62. The third-order valence-electron chi connectivity index (χ3n) is 1.91. The molecule has 0 radical (unpaired) electrons. The van der Waals surface area contributed by atoms with E-state index in [4.69, 9.17) is 45.0 Å². The van der Waals surface area contributed by atoms with Crippen molar-refractivity contribution in [2.75, 3.05) is 27.4 Å². The maximum Gasteiger partial charge on any atom is 0.320 e. The van der Waals surface area contributed by atoms with Crippen LogP contribution in [0.1, 0.15) is 20.3 Å². The first kappa shape index (κ1) is 26.6. The fourth-order valence-corrected chi connectivity index (χ4v) is 4.95. The van der Waals surface area contributed by atoms with Crippen molar-refractivity contribution in [1.82, 2.24) is 0 Å². The molecule has 0 saturated carbocycles. The van der Waals surface area contributed by atoms with E-state index >= 15 is 0 Å². The lowest BCUT2D eigenvalue weighted by Crippen LogP contribution is -2.24. The van der Waals surface area contributed by atoms with E-state index in [9.17, 15) is 9.59 Å². The number of ether oxygens (including phenoxy) is 2. The Morgan fingerprint density at radius 1 is 1.04 bits per heavy atom. The van der Waals surface area contributed by atoms with Crippen LogP contribution in [0.5, 0.6) is 0 Å². The Bertz CT molecular complexity index is 466. The van der Waals surface area contributed by atoms with Gasteiger partial charge >= 0.3 is 18.7 Å². The molecule has 0 saturated heterocycles. The summed E-state index contributed by atoms with van der Waals surface area (Å²) >= 11 is 9.78. The van der Waals surface area contributed by atoms with Crippen molar-refractivity contribution in [2.24, 2.45) is 0 Å². The van der Waals surface area contributed by atoms with E-state index in [0.29, 0.717) is 0 Å². The van der Waals surface area contributed by atoms with Gasteiger partial charge in [0, 0.05) is 14.2 Å². The lowest BCUT2D eigenvalue weighted by Gasteiger charge is -2.21. The van der Waals surface area contributed by atoms with Crippen LogP contribution in [0.3, 0.4) is 0 Å². The fraction of sp³-hybridized carbons (Fsp3) is 0.800. The molecule has 0 aromatic rings. The molecule has 0 aliphatic carbocycles. The quantitative estimate of drug-likeness (QED) is 0.350. The summed E-state index contributed by atoms with van der Waals surface area (Å²) in [7, 11) is 2.81. The van der Waals surface area contributed by atoms with Crippen molar-refractivity contribution in [3.05, 3.63) is 0 Å². The van der Waals surface area contributed by atoms with Crippen molar-refractivity contribution < 1.29 is 42.8 Å². The van der Waals surface area contributed by atoms with Crippen LogP contribution in [-0.4, -0.2) is 59.3 Å². The third-order valence-corrected chi connectivity index (χ3v) is 7.78. The molecule has 14 heteroatoms. The molecule has 0 bridgehead atoms. The molecule has 0 aromatic carbocycles. The largest absolute Gasteiger partial charge is 0.466 e. The first-order valence-corrected chi connectivity index (χ1v) is 13.2. The highest BCUT2D eigenvalue weighted by molar-refractivity contribution is 8.68. The van der Waals surface area contributed by atoms with Crippen molar-refractivity contribution in [1.29, 1.82) is 0 Å². The van der Waals surface area contributed by atoms with Crippen molar-refractivity contribution in [2.45, 2.75) is 25.5 Å². The van der Waals surface area contributed by atoms with E-state index in [1.165, 1.54) is 14.2 Å². The summed E-state index contributed by atoms with van der Waals surface area (Å²) in [6, 6.07) is 0. The average Bonchev–Trinajstić information content (AvgIpc) is 2.45. The minimum atomic E-state index is -3.81. The van der Waals surface area contributed by atoms with Gasteiger partial charge in [0.25, 0.3) is 0 Å². The minimum Gasteiger partial charge on any atom is -0.466 e. The predicted molar refractivity (Wildman–Crippen MR) is 98.5 cm³/mol. The summed E-state index contributed by atoms with van der Waals surface area (Å²) < 4.78 is 19.9. The molecule has 3 N–H and O–H groups in total. The number of hydrogen-bond acceptors (Lipinski definition) is 9. The normalized spacial score (nSPS) is 12.6. The van der Waals surface area contributed by atoms with Gasteiger partial charge in [-0.1, -0.05) is 11.4 Å². The van der Waals surface area contributed by atoms with Gasteiger partial charge in [0.15, 0.2) is 0 Å². The molecule has 1 atom stereocenters. The second-order valence-corrected chi connectivity index (χ2v) is 12.8. The van der Waals surface area contributed by atoms with Gasteiger partial charge in [0.2, 0.25) is 5.69 Å². The molecule has 0 amide bonds. The summed E-state index contributed by atoms with van der Waals surface area (Å²) in [6.07, 6.45) is -0.123. The van der Waals surface area contributed by atoms with Gasteiger partial charge in [-0.2, -0.15) is 0 Å². The Morgan fingerprint density at radius 3 is 1.79 bits per heavy atom. The zero-order valence-electron chi connectivity index (χ0n) is 13.6. The van der Waals surface area contributed by atoms with Gasteiger partial charge in [0.1, 0.15) is 5.25 Å². The van der Waals surface area contributed by atoms with Crippen LogP contribution < -0.4 is 0 Å². The standard InChI is InChI=1S/C10H19O6PS2.H3O3PS/c1-5-15-9(11)7-8(10(12)16-6-2)19-17(18,13-3)14-4;1-4(2,3)5/h8H,5-7H2,1-4H3;(H3,1,2,3,5). The fourth-order valence-electron chi connectivity index (χ4n) is 1.09. The summed E-state index contributed by atoms with van der Waals surface area (Å²) in [5.41, 5.74) is -2.65. The Labute approximate surface area is 155 Å². The van der Waals surface area contributed by atoms with Gasteiger partial charge in [-0.3, -0.25) is 9.59 Å². The molecule has 0 aromatic heterocycles. The Morgan fingerprint density at radius 2 is 1.46 bits per heavy atom. The van der Waals surface area contributed by atoms with E-state index in [2.05, 4.69) is 11.8 Å². The van der Waals surface area contributed by atoms with Crippen LogP contribution in [0.15, 0.2) is 0 Å². The number of rotatable bonds is 9. The monoisotopic (exact) mass is 444 g/mol. The van der Waals surface area contributed by atoms with Crippen molar-refractivity contribution in [3.8, 4) is 0 Å². The van der Waals surface area contributed by atoms with Crippen LogP contribution in [-0.2, 0) is 51.7 Å². The third kappa shape index (κ3) is 15.9. The van der Waals surface area contributed by atoms with Crippen LogP contribution in [0.4, 0.5) is 0 Å². The van der Waals surface area contributed by atoms with E-state index < -0.39 is 29.6 Å². The van der Waals surface area contributed by atoms with Gasteiger partial charge in [-0.25, -0.2) is 0 Å². The molecular formula is C10H22O9P2S3. The van der Waals surface area contributed by atoms with Crippen LogP contribution in [0, 0.1) is 0 Å². The molecule has 144 valence electrons. The Hall–Kier alpha value is 0.390. The average molecular weight is 444 g/mol. The van der Waals surface area contributed by atoms with Crippen LogP contribution >= 0.6 is 23.8 Å². The minimum absolute atomic E-state index is 0.123. The zero-order valence-corrected chi connectivity index (χ0v) is 17.8. The first-order valence-electron chi connectivity index (χ1n) is 6.42. The molecule has 9 nitrogen and oxygen atoms in total. The maximum absolute atomic E-state index is 11.8. The second kappa shape index (κ2) is 13.6. The van der Waals surface area contributed by atoms with E-state index in [0.717, 1.165) is 11.4 Å². The number of esters is 2. The molecule has 0 rings (SSSR count). The van der Waals surface area contributed by atoms with E-state index in [-0.39, 0.29) is 19.6 Å². The topological polar surface area (TPSA) is 132 Å². The molecular weight excluding hydrogens is 422 g/mol. The summed E-state index contributed by atoms with van der Waals surface area (Å²) in [5.74, 6) is -1.01. The SMILES string of the molecule is CCOC(=O)CC(SP(=S)(OC)OC)C(=O)OCC.OP(O)(O)=S. The van der Waals surface area contributed by atoms with Gasteiger partial charge in [0.05, 0.1) is 19.6 Å². The summed E-state index contributed by atoms with van der Waals surface area (Å²) in [6.45, 7) is 0.0507. The van der Waals surface area contributed by atoms with Gasteiger partial charge in [-0.05, 0) is 37.5 Å². The van der Waals surface area contributed by atoms with Gasteiger partial charge < -0.3 is 33.2 Å². The zero-order chi connectivity index (χ0) is 19.4.